The van der Waals surface area contributed by atoms with Crippen LogP contribution in [0.1, 0.15) is 25.5 Å². The van der Waals surface area contributed by atoms with Gasteiger partial charge in [0.1, 0.15) is 0 Å². The van der Waals surface area contributed by atoms with Crippen LogP contribution in [0, 0.1) is 5.92 Å². The van der Waals surface area contributed by atoms with Crippen LogP contribution < -0.4 is 11.1 Å². The first-order chi connectivity index (χ1) is 10.6. The second kappa shape index (κ2) is 8.27. The number of hydrogen-bond donors (Lipinski definition) is 2. The highest BCUT2D eigenvalue weighted by Gasteiger charge is 2.24. The second-order valence-corrected chi connectivity index (χ2v) is 6.09. The lowest BCUT2D eigenvalue weighted by molar-refractivity contribution is -0.123. The molecule has 1 fully saturated rings. The van der Waals surface area contributed by atoms with Crippen LogP contribution >= 0.6 is 0 Å². The van der Waals surface area contributed by atoms with Gasteiger partial charge in [0.2, 0.25) is 5.91 Å². The number of nitrogens with zero attached hydrogens (tertiary/aromatic N) is 1. The number of morpholine rings is 1. The Labute approximate surface area is 132 Å². The molecule has 0 radical (unpaired) electrons. The first-order valence-electron chi connectivity index (χ1n) is 7.99. The van der Waals surface area contributed by atoms with Gasteiger partial charge in [-0.2, -0.15) is 0 Å². The molecule has 5 nitrogen and oxygen atoms in total. The first kappa shape index (κ1) is 16.9. The molecule has 1 unspecified atom stereocenters. The average Bonchev–Trinajstić information content (AvgIpc) is 2.56. The zero-order chi connectivity index (χ0) is 15.9. The van der Waals surface area contributed by atoms with E-state index < -0.39 is 6.04 Å². The molecule has 0 bridgehead atoms. The first-order valence-corrected chi connectivity index (χ1v) is 7.99. The summed E-state index contributed by atoms with van der Waals surface area (Å²) in [6.07, 6.45) is 0. The van der Waals surface area contributed by atoms with Gasteiger partial charge in [0.05, 0.1) is 25.3 Å². The van der Waals surface area contributed by atoms with Crippen molar-refractivity contribution in [2.24, 2.45) is 11.7 Å². The number of amides is 1. The van der Waals surface area contributed by atoms with Gasteiger partial charge in [-0.05, 0) is 11.5 Å². The third kappa shape index (κ3) is 4.53. The van der Waals surface area contributed by atoms with E-state index in [4.69, 9.17) is 10.5 Å². The van der Waals surface area contributed by atoms with Crippen molar-refractivity contribution in [3.05, 3.63) is 35.9 Å². The number of carbonyl (C=O) groups is 1. The van der Waals surface area contributed by atoms with E-state index in [1.807, 2.05) is 32.0 Å². The maximum Gasteiger partial charge on any atom is 0.237 e. The number of nitrogens with one attached hydrogen (secondary N) is 1. The van der Waals surface area contributed by atoms with Gasteiger partial charge >= 0.3 is 0 Å². The average molecular weight is 305 g/mol. The van der Waals surface area contributed by atoms with Crippen LogP contribution in [0.3, 0.4) is 0 Å². The van der Waals surface area contributed by atoms with E-state index in [-0.39, 0.29) is 17.9 Å². The number of hydrogen-bond acceptors (Lipinski definition) is 4. The van der Waals surface area contributed by atoms with Gasteiger partial charge in [0.25, 0.3) is 0 Å². The lowest BCUT2D eigenvalue weighted by Crippen LogP contribution is -2.48. The summed E-state index contributed by atoms with van der Waals surface area (Å²) >= 11 is 0. The van der Waals surface area contributed by atoms with E-state index >= 15 is 0 Å². The molecular weight excluding hydrogens is 278 g/mol. The lowest BCUT2D eigenvalue weighted by Gasteiger charge is -2.35. The Balaban J connectivity index is 2.03. The van der Waals surface area contributed by atoms with E-state index in [0.717, 1.165) is 26.3 Å². The predicted octanol–water partition coefficient (Wildman–Crippen LogP) is 1.16. The van der Waals surface area contributed by atoms with Gasteiger partial charge in [0.15, 0.2) is 0 Å². The fourth-order valence-electron chi connectivity index (χ4n) is 2.64. The van der Waals surface area contributed by atoms with Crippen LogP contribution in [0.4, 0.5) is 0 Å². The predicted molar refractivity (Wildman–Crippen MR) is 87.4 cm³/mol. The summed E-state index contributed by atoms with van der Waals surface area (Å²) in [4.78, 5) is 14.5. The SMILES string of the molecule is CC(C)[C@H](N)C(=O)NCC(c1ccccc1)N1CCOCC1. The molecule has 1 aromatic carbocycles. The molecular formula is C17H27N3O2. The molecule has 1 saturated heterocycles. The molecule has 122 valence electrons. The van der Waals surface area contributed by atoms with E-state index in [2.05, 4.69) is 22.3 Å². The summed E-state index contributed by atoms with van der Waals surface area (Å²) in [5, 5.41) is 3.01. The highest BCUT2D eigenvalue weighted by Crippen LogP contribution is 2.21. The van der Waals surface area contributed by atoms with E-state index in [9.17, 15) is 4.79 Å². The van der Waals surface area contributed by atoms with Gasteiger partial charge in [-0.25, -0.2) is 0 Å². The fraction of sp³-hybridized carbons (Fsp3) is 0.588. The molecule has 1 aliphatic heterocycles. The Bertz CT molecular complexity index is 458. The molecule has 5 heteroatoms. The minimum absolute atomic E-state index is 0.0795. The highest BCUT2D eigenvalue weighted by molar-refractivity contribution is 5.81. The number of benzene rings is 1. The van der Waals surface area contributed by atoms with Crippen molar-refractivity contribution < 1.29 is 9.53 Å². The van der Waals surface area contributed by atoms with Crippen LogP contribution in [0.15, 0.2) is 30.3 Å². The highest BCUT2D eigenvalue weighted by atomic mass is 16.5. The molecule has 3 N–H and O–H groups in total. The topological polar surface area (TPSA) is 67.6 Å². The van der Waals surface area contributed by atoms with Crippen LogP contribution in [-0.2, 0) is 9.53 Å². The van der Waals surface area contributed by atoms with E-state index in [1.54, 1.807) is 0 Å². The number of carbonyl (C=O) groups excluding carboxylic acids is 1. The van der Waals surface area contributed by atoms with Crippen molar-refractivity contribution in [1.82, 2.24) is 10.2 Å². The molecule has 2 atom stereocenters. The summed E-state index contributed by atoms with van der Waals surface area (Å²) in [5.41, 5.74) is 7.13. The fourth-order valence-corrected chi connectivity index (χ4v) is 2.64. The van der Waals surface area contributed by atoms with Gasteiger partial charge in [-0.15, -0.1) is 0 Å². The van der Waals surface area contributed by atoms with Crippen molar-refractivity contribution in [1.29, 1.82) is 0 Å². The van der Waals surface area contributed by atoms with Crippen LogP contribution in [-0.4, -0.2) is 49.7 Å². The normalized spacial score (nSPS) is 18.9. The Hall–Kier alpha value is -1.43. The molecule has 1 heterocycles. The summed E-state index contributed by atoms with van der Waals surface area (Å²) in [7, 11) is 0. The zero-order valence-corrected chi connectivity index (χ0v) is 13.5. The molecule has 22 heavy (non-hydrogen) atoms. The number of rotatable bonds is 6. The third-order valence-corrected chi connectivity index (χ3v) is 4.16. The Morgan fingerprint density at radius 2 is 1.91 bits per heavy atom. The number of ether oxygens (including phenoxy) is 1. The van der Waals surface area contributed by atoms with Gasteiger partial charge in [0, 0.05) is 19.6 Å². The van der Waals surface area contributed by atoms with Crippen molar-refractivity contribution >= 4 is 5.91 Å². The van der Waals surface area contributed by atoms with Gasteiger partial charge in [-0.1, -0.05) is 44.2 Å². The molecule has 0 spiro atoms. The Morgan fingerprint density at radius 1 is 1.27 bits per heavy atom. The second-order valence-electron chi connectivity index (χ2n) is 6.09. The summed E-state index contributed by atoms with van der Waals surface area (Å²) < 4.78 is 5.43. The molecule has 1 amide bonds. The monoisotopic (exact) mass is 305 g/mol. The Morgan fingerprint density at radius 3 is 2.50 bits per heavy atom. The zero-order valence-electron chi connectivity index (χ0n) is 13.5. The standard InChI is InChI=1S/C17H27N3O2/c1-13(2)16(18)17(21)19-12-15(14-6-4-3-5-7-14)20-8-10-22-11-9-20/h3-7,13,15-16H,8-12,18H2,1-2H3,(H,19,21)/t15?,16-/m0/s1. The molecule has 1 aromatic rings. The molecule has 0 saturated carbocycles. The van der Waals surface area contributed by atoms with Crippen LogP contribution in [0.5, 0.6) is 0 Å². The lowest BCUT2D eigenvalue weighted by atomic mass is 10.0. The van der Waals surface area contributed by atoms with Gasteiger partial charge in [-0.3, -0.25) is 9.69 Å². The third-order valence-electron chi connectivity index (χ3n) is 4.16. The van der Waals surface area contributed by atoms with E-state index in [1.165, 1.54) is 5.56 Å². The van der Waals surface area contributed by atoms with Crippen LogP contribution in [0.25, 0.3) is 0 Å². The number of nitrogens with two attached hydrogens (primary N) is 1. The largest absolute Gasteiger partial charge is 0.379 e. The van der Waals surface area contributed by atoms with Crippen molar-refractivity contribution in [3.8, 4) is 0 Å². The quantitative estimate of drug-likeness (QED) is 0.827. The maximum atomic E-state index is 12.1. The minimum atomic E-state index is -0.457. The minimum Gasteiger partial charge on any atom is -0.379 e. The van der Waals surface area contributed by atoms with Gasteiger partial charge < -0.3 is 15.8 Å². The Kier molecular flexibility index (Phi) is 6.36. The summed E-state index contributed by atoms with van der Waals surface area (Å²) in [5.74, 6) is 0.0581. The van der Waals surface area contributed by atoms with Crippen LogP contribution in [0.2, 0.25) is 0 Å². The van der Waals surface area contributed by atoms with Crippen molar-refractivity contribution in [3.63, 3.8) is 0 Å². The summed E-state index contributed by atoms with van der Waals surface area (Å²) in [6, 6.07) is 9.99. The molecule has 0 aromatic heterocycles. The van der Waals surface area contributed by atoms with E-state index in [0.29, 0.717) is 6.54 Å². The smallest absolute Gasteiger partial charge is 0.237 e. The van der Waals surface area contributed by atoms with Crippen molar-refractivity contribution in [2.45, 2.75) is 25.9 Å². The molecule has 1 aliphatic rings. The maximum absolute atomic E-state index is 12.1. The molecule has 0 aliphatic carbocycles. The molecule has 2 rings (SSSR count). The summed E-state index contributed by atoms with van der Waals surface area (Å²) in [6.45, 7) is 7.73. The van der Waals surface area contributed by atoms with Crippen molar-refractivity contribution in [2.75, 3.05) is 32.8 Å².